The first-order chi connectivity index (χ1) is 15.7. The van der Waals surface area contributed by atoms with Crippen LogP contribution in [0.15, 0.2) is 60.0 Å². The summed E-state index contributed by atoms with van der Waals surface area (Å²) in [5, 5.41) is 62.5. The zero-order valence-electron chi connectivity index (χ0n) is 19.4. The van der Waals surface area contributed by atoms with E-state index in [9.17, 15) is 14.4 Å². The predicted molar refractivity (Wildman–Crippen MR) is 124 cm³/mol. The van der Waals surface area contributed by atoms with Crippen molar-refractivity contribution in [2.45, 2.75) is 46.1 Å². The molecule has 190 valence electrons. The van der Waals surface area contributed by atoms with Gasteiger partial charge in [-0.15, -0.1) is 0 Å². The molecular formula is C23H33NO10. The van der Waals surface area contributed by atoms with Crippen molar-refractivity contribution in [2.24, 2.45) is 0 Å². The van der Waals surface area contributed by atoms with Crippen LogP contribution < -0.4 is 5.32 Å². The van der Waals surface area contributed by atoms with Crippen LogP contribution in [0.1, 0.15) is 37.3 Å². The van der Waals surface area contributed by atoms with Crippen LogP contribution in [0, 0.1) is 13.8 Å². The van der Waals surface area contributed by atoms with Gasteiger partial charge >= 0.3 is 11.9 Å². The number of aliphatic carboxylic acids is 2. The monoisotopic (exact) mass is 483 g/mol. The summed E-state index contributed by atoms with van der Waals surface area (Å²) >= 11 is 0. The highest BCUT2D eigenvalue weighted by atomic mass is 16.4. The Kier molecular flexibility index (Phi) is 16.6. The number of aliphatic hydroxyl groups excluding tert-OH is 5. The molecule has 0 spiro atoms. The molecule has 11 heteroatoms. The predicted octanol–water partition coefficient (Wildman–Crippen LogP) is 2.95. The lowest BCUT2D eigenvalue weighted by Gasteiger charge is -2.10. The van der Waals surface area contributed by atoms with Gasteiger partial charge in [0, 0.05) is 12.5 Å². The van der Waals surface area contributed by atoms with Crippen LogP contribution in [0.3, 0.4) is 0 Å². The molecule has 11 nitrogen and oxygen atoms in total. The zero-order chi connectivity index (χ0) is 26.8. The number of allylic oxidation sites excluding steroid dienone is 1. The lowest BCUT2D eigenvalue weighted by molar-refractivity contribution is -0.140. The summed E-state index contributed by atoms with van der Waals surface area (Å²) in [7, 11) is 0. The molecule has 0 aliphatic carbocycles. The average molecular weight is 484 g/mol. The van der Waals surface area contributed by atoms with Crippen molar-refractivity contribution in [3.8, 4) is 0 Å². The molecule has 0 aromatic heterocycles. The summed E-state index contributed by atoms with van der Waals surface area (Å²) in [6.07, 6.45) is 0.333. The van der Waals surface area contributed by atoms with Gasteiger partial charge in [0.1, 0.15) is 6.61 Å². The van der Waals surface area contributed by atoms with Crippen molar-refractivity contribution in [3.05, 3.63) is 71.1 Å². The number of carbonyl (C=O) groups excluding carboxylic acids is 1. The summed E-state index contributed by atoms with van der Waals surface area (Å²) in [4.78, 5) is 31.3. The van der Waals surface area contributed by atoms with Gasteiger partial charge in [0.25, 0.3) is 0 Å². The van der Waals surface area contributed by atoms with Gasteiger partial charge in [0.2, 0.25) is 17.4 Å². The number of carboxylic acid groups (broad SMARTS) is 2. The van der Waals surface area contributed by atoms with Crippen LogP contribution in [0.25, 0.3) is 0 Å². The van der Waals surface area contributed by atoms with Crippen molar-refractivity contribution in [2.75, 3.05) is 6.61 Å². The van der Waals surface area contributed by atoms with Crippen LogP contribution >= 0.6 is 0 Å². The van der Waals surface area contributed by atoms with E-state index >= 15 is 0 Å². The van der Waals surface area contributed by atoms with Crippen molar-refractivity contribution in [1.82, 2.24) is 5.32 Å². The molecule has 8 N–H and O–H groups in total. The minimum Gasteiger partial charge on any atom is -0.506 e. The van der Waals surface area contributed by atoms with Crippen LogP contribution in [-0.4, -0.2) is 66.2 Å². The molecule has 1 rings (SSSR count). The molecule has 0 aliphatic rings. The average Bonchev–Trinajstić information content (AvgIpc) is 2.77. The third-order valence-electron chi connectivity index (χ3n) is 3.76. The van der Waals surface area contributed by atoms with E-state index in [2.05, 4.69) is 50.0 Å². The number of carboxylic acids is 2. The van der Waals surface area contributed by atoms with Crippen LogP contribution in [0.2, 0.25) is 0 Å². The number of amides is 1. The van der Waals surface area contributed by atoms with E-state index in [4.69, 9.17) is 35.7 Å². The molecule has 34 heavy (non-hydrogen) atoms. The minimum atomic E-state index is -1.05. The van der Waals surface area contributed by atoms with E-state index < -0.39 is 53.5 Å². The second-order valence-electron chi connectivity index (χ2n) is 7.01. The fourth-order valence-corrected chi connectivity index (χ4v) is 1.95. The normalized spacial score (nSPS) is 12.2. The molecule has 0 saturated heterocycles. The molecule has 1 atom stereocenters. The number of hydrogen-bond donors (Lipinski definition) is 8. The fraction of sp³-hybridized carbons (Fsp3) is 0.348. The van der Waals surface area contributed by atoms with E-state index in [1.165, 1.54) is 11.1 Å². The van der Waals surface area contributed by atoms with Gasteiger partial charge in [-0.25, -0.2) is 0 Å². The smallest absolute Gasteiger partial charge is 0.305 e. The Morgan fingerprint density at radius 3 is 1.71 bits per heavy atom. The summed E-state index contributed by atoms with van der Waals surface area (Å²) in [5.41, 5.74) is 2.66. The highest BCUT2D eigenvalue weighted by Crippen LogP contribution is 2.10. The number of carbonyl (C=O) groups is 3. The molecule has 1 amide bonds. The van der Waals surface area contributed by atoms with Gasteiger partial charge in [-0.2, -0.15) is 0 Å². The summed E-state index contributed by atoms with van der Waals surface area (Å²) < 4.78 is 0. The Morgan fingerprint density at radius 1 is 0.882 bits per heavy atom. The first kappa shape index (κ1) is 32.2. The van der Waals surface area contributed by atoms with E-state index in [0.29, 0.717) is 0 Å². The van der Waals surface area contributed by atoms with E-state index in [-0.39, 0.29) is 19.3 Å². The highest BCUT2D eigenvalue weighted by molar-refractivity contribution is 5.81. The maximum Gasteiger partial charge on any atom is 0.305 e. The highest BCUT2D eigenvalue weighted by Gasteiger charge is 2.12. The standard InChI is InChI=1S/C8H13NO5.C8H10.C7H10O5/c1-5(4-8(13)14)9-6(10)2-3-7(11)12;1-7-3-5-8(2)6-4-7;1-2-4(9)6(11)7(12)5(10)3-8/h5H,2-4H2,1H3,(H,9,10)(H,11,12)(H,13,14);3-6H,1-2H3;2,8-12H,1,3H2/b;;6-4-,7-5-/t5-;;/m1../s1. The molecule has 0 heterocycles. The maximum absolute atomic E-state index is 11.0. The van der Waals surface area contributed by atoms with Crippen LogP contribution in [-0.2, 0) is 14.4 Å². The zero-order valence-corrected chi connectivity index (χ0v) is 19.4. The molecular weight excluding hydrogens is 450 g/mol. The second kappa shape index (κ2) is 17.6. The largest absolute Gasteiger partial charge is 0.506 e. The Labute approximate surface area is 197 Å². The van der Waals surface area contributed by atoms with Crippen molar-refractivity contribution >= 4 is 17.8 Å². The van der Waals surface area contributed by atoms with Gasteiger partial charge < -0.3 is 41.1 Å². The van der Waals surface area contributed by atoms with Crippen molar-refractivity contribution in [1.29, 1.82) is 0 Å². The van der Waals surface area contributed by atoms with Crippen molar-refractivity contribution in [3.63, 3.8) is 0 Å². The quantitative estimate of drug-likeness (QED) is 0.190. The molecule has 1 aromatic rings. The third kappa shape index (κ3) is 16.7. The van der Waals surface area contributed by atoms with Gasteiger partial charge in [0.15, 0.2) is 11.5 Å². The van der Waals surface area contributed by atoms with E-state index in [0.717, 1.165) is 6.08 Å². The fourth-order valence-electron chi connectivity index (χ4n) is 1.95. The van der Waals surface area contributed by atoms with Gasteiger partial charge in [-0.1, -0.05) is 42.0 Å². The van der Waals surface area contributed by atoms with Crippen LogP contribution in [0.5, 0.6) is 0 Å². The first-order valence-electron chi connectivity index (χ1n) is 9.98. The number of aryl methyl sites for hydroxylation is 2. The maximum atomic E-state index is 11.0. The second-order valence-corrected chi connectivity index (χ2v) is 7.01. The Morgan fingerprint density at radius 2 is 1.35 bits per heavy atom. The van der Waals surface area contributed by atoms with Gasteiger partial charge in [-0.05, 0) is 26.8 Å². The Hall–Kier alpha value is -3.99. The summed E-state index contributed by atoms with van der Waals surface area (Å²) in [6, 6.07) is 8.00. The topological polar surface area (TPSA) is 205 Å². The van der Waals surface area contributed by atoms with E-state index in [1.54, 1.807) is 6.92 Å². The molecule has 0 saturated carbocycles. The molecule has 0 radical (unpaired) electrons. The lowest BCUT2D eigenvalue weighted by atomic mass is 10.2. The minimum absolute atomic E-state index is 0.126. The number of nitrogens with one attached hydrogen (secondary N) is 1. The summed E-state index contributed by atoms with van der Waals surface area (Å²) in [5.74, 6) is -5.93. The first-order valence-corrected chi connectivity index (χ1v) is 9.98. The molecule has 0 unspecified atom stereocenters. The number of aliphatic hydroxyl groups is 5. The van der Waals surface area contributed by atoms with Gasteiger partial charge in [0.05, 0.1) is 12.8 Å². The Balaban J connectivity index is 0. The molecule has 0 aliphatic heterocycles. The van der Waals surface area contributed by atoms with Crippen LogP contribution in [0.4, 0.5) is 0 Å². The molecule has 0 fully saturated rings. The number of benzene rings is 1. The lowest BCUT2D eigenvalue weighted by Crippen LogP contribution is -2.34. The van der Waals surface area contributed by atoms with Crippen molar-refractivity contribution < 1.29 is 50.1 Å². The molecule has 1 aromatic carbocycles. The van der Waals surface area contributed by atoms with Gasteiger partial charge in [-0.3, -0.25) is 14.4 Å². The van der Waals surface area contributed by atoms with E-state index in [1.807, 2.05) is 0 Å². The number of rotatable bonds is 9. The molecule has 0 bridgehead atoms. The number of hydrogen-bond acceptors (Lipinski definition) is 8. The SMILES string of the molecule is C=C/C(O)=C(O)\C(O)=C(\O)CO.C[C@H](CC(=O)O)NC(=O)CCC(=O)O.Cc1ccc(C)cc1. The third-order valence-corrected chi connectivity index (χ3v) is 3.76. The summed E-state index contributed by atoms with van der Waals surface area (Å²) in [6.45, 7) is 8.01. The Bertz CT molecular complexity index is 851.